The van der Waals surface area contributed by atoms with Crippen LogP contribution in [-0.4, -0.2) is 45.5 Å². The fourth-order valence-electron chi connectivity index (χ4n) is 1.90. The SMILES string of the molecule is CC(CS(C)(=O)=O)Nc1ccccc1CN(C)C. The highest BCUT2D eigenvalue weighted by Gasteiger charge is 2.12. The summed E-state index contributed by atoms with van der Waals surface area (Å²) in [6.45, 7) is 2.71. The van der Waals surface area contributed by atoms with Gasteiger partial charge >= 0.3 is 0 Å². The summed E-state index contributed by atoms with van der Waals surface area (Å²) < 4.78 is 22.5. The van der Waals surface area contributed by atoms with Gasteiger partial charge in [-0.1, -0.05) is 18.2 Å². The Morgan fingerprint density at radius 1 is 1.28 bits per heavy atom. The predicted molar refractivity (Wildman–Crippen MR) is 76.6 cm³/mol. The summed E-state index contributed by atoms with van der Waals surface area (Å²) in [6.07, 6.45) is 1.26. The average Bonchev–Trinajstić information content (AvgIpc) is 2.17. The van der Waals surface area contributed by atoms with Crippen molar-refractivity contribution in [3.63, 3.8) is 0 Å². The van der Waals surface area contributed by atoms with Crippen molar-refractivity contribution in [2.45, 2.75) is 19.5 Å². The van der Waals surface area contributed by atoms with Crippen LogP contribution in [0.1, 0.15) is 12.5 Å². The van der Waals surface area contributed by atoms with Crippen LogP contribution in [0.4, 0.5) is 5.69 Å². The van der Waals surface area contributed by atoms with Crippen LogP contribution in [-0.2, 0) is 16.4 Å². The van der Waals surface area contributed by atoms with E-state index < -0.39 is 9.84 Å². The van der Waals surface area contributed by atoms with Gasteiger partial charge in [-0.3, -0.25) is 0 Å². The summed E-state index contributed by atoms with van der Waals surface area (Å²) in [5.74, 6) is 0.142. The van der Waals surface area contributed by atoms with Gasteiger partial charge in [0, 0.05) is 24.5 Å². The predicted octanol–water partition coefficient (Wildman–Crippen LogP) is 1.59. The van der Waals surface area contributed by atoms with Crippen molar-refractivity contribution in [2.75, 3.05) is 31.4 Å². The van der Waals surface area contributed by atoms with Crippen LogP contribution >= 0.6 is 0 Å². The molecule has 4 nitrogen and oxygen atoms in total. The Morgan fingerprint density at radius 3 is 2.44 bits per heavy atom. The largest absolute Gasteiger partial charge is 0.381 e. The van der Waals surface area contributed by atoms with E-state index in [0.29, 0.717) is 0 Å². The van der Waals surface area contributed by atoms with E-state index in [9.17, 15) is 8.42 Å². The van der Waals surface area contributed by atoms with E-state index in [-0.39, 0.29) is 11.8 Å². The lowest BCUT2D eigenvalue weighted by Gasteiger charge is -2.19. The summed E-state index contributed by atoms with van der Waals surface area (Å²) >= 11 is 0. The molecule has 0 aromatic heterocycles. The number of rotatable bonds is 6. The maximum atomic E-state index is 11.2. The highest BCUT2D eigenvalue weighted by atomic mass is 32.2. The van der Waals surface area contributed by atoms with E-state index in [1.165, 1.54) is 11.8 Å². The van der Waals surface area contributed by atoms with Gasteiger partial charge in [-0.05, 0) is 32.6 Å². The maximum absolute atomic E-state index is 11.2. The molecule has 18 heavy (non-hydrogen) atoms. The van der Waals surface area contributed by atoms with Gasteiger partial charge in [0.25, 0.3) is 0 Å². The highest BCUT2D eigenvalue weighted by molar-refractivity contribution is 7.90. The number of anilines is 1. The molecule has 1 N–H and O–H groups in total. The number of hydrogen-bond acceptors (Lipinski definition) is 4. The van der Waals surface area contributed by atoms with Crippen molar-refractivity contribution in [2.24, 2.45) is 0 Å². The molecule has 0 amide bonds. The smallest absolute Gasteiger partial charge is 0.149 e. The monoisotopic (exact) mass is 270 g/mol. The first kappa shape index (κ1) is 15.0. The van der Waals surface area contributed by atoms with Crippen molar-refractivity contribution in [3.8, 4) is 0 Å². The van der Waals surface area contributed by atoms with Gasteiger partial charge < -0.3 is 10.2 Å². The van der Waals surface area contributed by atoms with Crippen molar-refractivity contribution in [1.29, 1.82) is 0 Å². The maximum Gasteiger partial charge on any atom is 0.149 e. The lowest BCUT2D eigenvalue weighted by molar-refractivity contribution is 0.403. The first-order valence-electron chi connectivity index (χ1n) is 5.95. The van der Waals surface area contributed by atoms with Crippen molar-refractivity contribution in [3.05, 3.63) is 29.8 Å². The van der Waals surface area contributed by atoms with E-state index in [0.717, 1.165) is 12.2 Å². The van der Waals surface area contributed by atoms with E-state index in [1.807, 2.05) is 39.2 Å². The number of para-hydroxylation sites is 1. The van der Waals surface area contributed by atoms with Gasteiger partial charge in [-0.2, -0.15) is 0 Å². The molecule has 0 radical (unpaired) electrons. The summed E-state index contributed by atoms with van der Waals surface area (Å²) in [7, 11) is 1.07. The number of nitrogens with zero attached hydrogens (tertiary/aromatic N) is 1. The zero-order valence-corrected chi connectivity index (χ0v) is 12.3. The summed E-state index contributed by atoms with van der Waals surface area (Å²) in [5.41, 5.74) is 2.17. The minimum atomic E-state index is -2.95. The fraction of sp³-hybridized carbons (Fsp3) is 0.538. The second-order valence-corrected chi connectivity index (χ2v) is 7.22. The molecule has 0 fully saturated rings. The van der Waals surface area contributed by atoms with Crippen LogP contribution in [0.5, 0.6) is 0 Å². The second kappa shape index (κ2) is 6.20. The molecule has 1 aromatic carbocycles. The zero-order valence-electron chi connectivity index (χ0n) is 11.5. The number of sulfone groups is 1. The third-order valence-corrected chi connectivity index (χ3v) is 3.56. The molecule has 1 aromatic rings. The molecule has 0 bridgehead atoms. The molecule has 0 heterocycles. The van der Waals surface area contributed by atoms with E-state index in [2.05, 4.69) is 16.3 Å². The summed E-state index contributed by atoms with van der Waals surface area (Å²) in [5, 5.41) is 3.27. The normalized spacial score (nSPS) is 13.6. The van der Waals surface area contributed by atoms with Crippen LogP contribution in [0.3, 0.4) is 0 Å². The Hall–Kier alpha value is -1.07. The molecule has 0 aliphatic rings. The molecule has 1 atom stereocenters. The van der Waals surface area contributed by atoms with Crippen LogP contribution in [0.2, 0.25) is 0 Å². The first-order chi connectivity index (χ1) is 8.28. The molecule has 1 rings (SSSR count). The van der Waals surface area contributed by atoms with Gasteiger partial charge in [-0.25, -0.2) is 8.42 Å². The Labute approximate surface area is 110 Å². The van der Waals surface area contributed by atoms with Crippen LogP contribution in [0.25, 0.3) is 0 Å². The molecule has 0 saturated carbocycles. The third kappa shape index (κ3) is 5.51. The van der Waals surface area contributed by atoms with Crippen molar-refractivity contribution < 1.29 is 8.42 Å². The van der Waals surface area contributed by atoms with Gasteiger partial charge in [0.1, 0.15) is 9.84 Å². The fourth-order valence-corrected chi connectivity index (χ4v) is 2.89. The first-order valence-corrected chi connectivity index (χ1v) is 8.01. The quantitative estimate of drug-likeness (QED) is 0.853. The van der Waals surface area contributed by atoms with E-state index in [4.69, 9.17) is 0 Å². The average molecular weight is 270 g/mol. The number of hydrogen-bond donors (Lipinski definition) is 1. The standard InChI is InChI=1S/C13H22N2O2S/c1-11(10-18(4,16)17)14-13-8-6-5-7-12(13)9-15(2)3/h5-8,11,14H,9-10H2,1-4H3. The molecule has 1 unspecified atom stereocenters. The molecular formula is C13H22N2O2S. The Kier molecular flexibility index (Phi) is 5.16. The minimum Gasteiger partial charge on any atom is -0.381 e. The van der Waals surface area contributed by atoms with Gasteiger partial charge in [0.2, 0.25) is 0 Å². The summed E-state index contributed by atoms with van der Waals surface area (Å²) in [6, 6.07) is 7.89. The molecule has 0 spiro atoms. The van der Waals surface area contributed by atoms with Crippen molar-refractivity contribution in [1.82, 2.24) is 4.90 Å². The second-order valence-electron chi connectivity index (χ2n) is 5.03. The topological polar surface area (TPSA) is 49.4 Å². The lowest BCUT2D eigenvalue weighted by Crippen LogP contribution is -2.26. The number of nitrogens with one attached hydrogen (secondary N) is 1. The Balaban J connectivity index is 2.77. The minimum absolute atomic E-state index is 0.0942. The molecule has 5 heteroatoms. The van der Waals surface area contributed by atoms with Gasteiger partial charge in [0.15, 0.2) is 0 Å². The van der Waals surface area contributed by atoms with Crippen LogP contribution in [0, 0.1) is 0 Å². The number of benzene rings is 1. The van der Waals surface area contributed by atoms with Gasteiger partial charge in [0.05, 0.1) is 5.75 Å². The Bertz CT molecular complexity index is 484. The van der Waals surface area contributed by atoms with Crippen molar-refractivity contribution >= 4 is 15.5 Å². The molecule has 102 valence electrons. The third-order valence-electron chi connectivity index (χ3n) is 2.46. The van der Waals surface area contributed by atoms with Crippen LogP contribution < -0.4 is 5.32 Å². The lowest BCUT2D eigenvalue weighted by atomic mass is 10.1. The van der Waals surface area contributed by atoms with Gasteiger partial charge in [-0.15, -0.1) is 0 Å². The molecule has 0 aliphatic heterocycles. The summed E-state index contributed by atoms with van der Waals surface area (Å²) in [4.78, 5) is 2.09. The molecule has 0 aliphatic carbocycles. The zero-order chi connectivity index (χ0) is 13.8. The Morgan fingerprint density at radius 2 is 1.89 bits per heavy atom. The van der Waals surface area contributed by atoms with E-state index >= 15 is 0 Å². The van der Waals surface area contributed by atoms with Crippen LogP contribution in [0.15, 0.2) is 24.3 Å². The highest BCUT2D eigenvalue weighted by Crippen LogP contribution is 2.17. The molecular weight excluding hydrogens is 248 g/mol. The molecule has 0 saturated heterocycles. The van der Waals surface area contributed by atoms with E-state index in [1.54, 1.807) is 0 Å².